The smallest absolute Gasteiger partial charge is 0.241 e. The Kier molecular flexibility index (Phi) is 4.52. The van der Waals surface area contributed by atoms with E-state index in [1.54, 1.807) is 23.6 Å². The predicted molar refractivity (Wildman–Crippen MR) is 101 cm³/mol. The van der Waals surface area contributed by atoms with Crippen LogP contribution in [0.3, 0.4) is 0 Å². The van der Waals surface area contributed by atoms with Gasteiger partial charge >= 0.3 is 0 Å². The van der Waals surface area contributed by atoms with Crippen LogP contribution < -0.4 is 9.46 Å². The summed E-state index contributed by atoms with van der Waals surface area (Å²) in [5, 5.41) is 2.28. The van der Waals surface area contributed by atoms with Gasteiger partial charge in [-0.05, 0) is 30.5 Å². The first kappa shape index (κ1) is 17.5. The molecule has 2 aromatic heterocycles. The summed E-state index contributed by atoms with van der Waals surface area (Å²) in [7, 11) is -3.71. The van der Waals surface area contributed by atoms with Gasteiger partial charge < -0.3 is 9.72 Å². The van der Waals surface area contributed by atoms with E-state index in [-0.39, 0.29) is 17.5 Å². The van der Waals surface area contributed by atoms with Gasteiger partial charge in [-0.3, -0.25) is 0 Å². The molecule has 0 saturated carbocycles. The summed E-state index contributed by atoms with van der Waals surface area (Å²) in [5.41, 5.74) is 1.67. The van der Waals surface area contributed by atoms with Crippen LogP contribution >= 0.6 is 22.9 Å². The molecule has 0 bridgehead atoms. The van der Waals surface area contributed by atoms with E-state index in [0.29, 0.717) is 23.0 Å². The van der Waals surface area contributed by atoms with E-state index in [2.05, 4.69) is 14.7 Å². The Morgan fingerprint density at radius 3 is 3.08 bits per heavy atom. The summed E-state index contributed by atoms with van der Waals surface area (Å²) in [6, 6.07) is 6.96. The number of benzene rings is 1. The van der Waals surface area contributed by atoms with Gasteiger partial charge in [-0.1, -0.05) is 17.7 Å². The number of hydrogen-bond acceptors (Lipinski definition) is 5. The van der Waals surface area contributed by atoms with Crippen LogP contribution in [0.4, 0.5) is 0 Å². The second-order valence-corrected chi connectivity index (χ2v) is 9.19. The van der Waals surface area contributed by atoms with Gasteiger partial charge in [0.2, 0.25) is 10.0 Å². The maximum atomic E-state index is 12.6. The quantitative estimate of drug-likeness (QED) is 0.674. The van der Waals surface area contributed by atoms with Crippen molar-refractivity contribution in [3.8, 4) is 16.3 Å². The van der Waals surface area contributed by atoms with Gasteiger partial charge in [-0.25, -0.2) is 18.1 Å². The minimum atomic E-state index is -3.71. The number of nitrogens with zero attached hydrogens (tertiary/aromatic N) is 1. The molecule has 2 N–H and O–H groups in total. The summed E-state index contributed by atoms with van der Waals surface area (Å²) < 4.78 is 33.4. The molecule has 0 spiro atoms. The van der Waals surface area contributed by atoms with Crippen LogP contribution in [-0.2, 0) is 23.0 Å². The highest BCUT2D eigenvalue weighted by atomic mass is 35.5. The number of H-pyrrole nitrogens is 1. The molecule has 1 atom stereocenters. The van der Waals surface area contributed by atoms with Crippen molar-refractivity contribution in [1.29, 1.82) is 0 Å². The van der Waals surface area contributed by atoms with Crippen LogP contribution in [0.25, 0.3) is 10.6 Å². The van der Waals surface area contributed by atoms with Crippen LogP contribution in [0.2, 0.25) is 5.02 Å². The SMILES string of the molecule is C[C@@H]1Cc2cc(S(=O)(=O)NCc3ncc(-c4cccs4)[nH]3)cc(Cl)c2O1. The third-order valence-electron chi connectivity index (χ3n) is 4.08. The van der Waals surface area contributed by atoms with E-state index in [1.165, 1.54) is 6.07 Å². The lowest BCUT2D eigenvalue weighted by Crippen LogP contribution is -2.24. The second kappa shape index (κ2) is 6.70. The molecule has 0 saturated heterocycles. The van der Waals surface area contributed by atoms with Crippen LogP contribution in [0.15, 0.2) is 40.7 Å². The lowest BCUT2D eigenvalue weighted by molar-refractivity contribution is 0.255. The molecule has 0 amide bonds. The zero-order valence-corrected chi connectivity index (χ0v) is 16.2. The van der Waals surface area contributed by atoms with E-state index in [1.807, 2.05) is 24.4 Å². The molecule has 9 heteroatoms. The minimum absolute atomic E-state index is 0.00722. The summed E-state index contributed by atoms with van der Waals surface area (Å²) in [5.74, 6) is 1.12. The monoisotopic (exact) mass is 409 g/mol. The fourth-order valence-corrected chi connectivity index (χ4v) is 4.97. The first-order valence-electron chi connectivity index (χ1n) is 7.99. The number of nitrogens with one attached hydrogen (secondary N) is 2. The van der Waals surface area contributed by atoms with Gasteiger partial charge in [-0.15, -0.1) is 11.3 Å². The number of fused-ring (bicyclic) bond motifs is 1. The molecule has 3 aromatic rings. The molecular formula is C17H16ClN3O3S2. The molecule has 1 aliphatic heterocycles. The average molecular weight is 410 g/mol. The fourth-order valence-electron chi connectivity index (χ4n) is 2.87. The Morgan fingerprint density at radius 1 is 1.46 bits per heavy atom. The molecule has 0 unspecified atom stereocenters. The van der Waals surface area contributed by atoms with E-state index < -0.39 is 10.0 Å². The van der Waals surface area contributed by atoms with Gasteiger partial charge in [0.15, 0.2) is 0 Å². The van der Waals surface area contributed by atoms with Crippen molar-refractivity contribution in [2.24, 2.45) is 0 Å². The number of aromatic amines is 1. The van der Waals surface area contributed by atoms with Crippen molar-refractivity contribution >= 4 is 33.0 Å². The summed E-state index contributed by atoms with van der Waals surface area (Å²) >= 11 is 7.78. The number of ether oxygens (including phenoxy) is 1. The van der Waals surface area contributed by atoms with E-state index in [0.717, 1.165) is 16.1 Å². The van der Waals surface area contributed by atoms with Crippen LogP contribution in [0.1, 0.15) is 18.3 Å². The van der Waals surface area contributed by atoms with E-state index >= 15 is 0 Å². The fraction of sp³-hybridized carbons (Fsp3) is 0.235. The van der Waals surface area contributed by atoms with E-state index in [9.17, 15) is 8.42 Å². The number of thiophene rings is 1. The molecule has 1 aromatic carbocycles. The predicted octanol–water partition coefficient (Wildman–Crippen LogP) is 3.59. The topological polar surface area (TPSA) is 84.1 Å². The maximum absolute atomic E-state index is 12.6. The van der Waals surface area contributed by atoms with Gasteiger partial charge in [-0.2, -0.15) is 0 Å². The second-order valence-electron chi connectivity index (χ2n) is 6.07. The van der Waals surface area contributed by atoms with Gasteiger partial charge in [0.25, 0.3) is 0 Å². The molecule has 136 valence electrons. The Bertz CT molecular complexity index is 1050. The first-order chi connectivity index (χ1) is 12.4. The molecule has 4 rings (SSSR count). The molecule has 1 aliphatic rings. The summed E-state index contributed by atoms with van der Waals surface area (Å²) in [6.45, 7) is 1.99. The summed E-state index contributed by atoms with van der Waals surface area (Å²) in [4.78, 5) is 8.53. The lowest BCUT2D eigenvalue weighted by Gasteiger charge is -2.09. The van der Waals surface area contributed by atoms with E-state index in [4.69, 9.17) is 16.3 Å². The maximum Gasteiger partial charge on any atom is 0.241 e. The highest BCUT2D eigenvalue weighted by molar-refractivity contribution is 7.89. The first-order valence-corrected chi connectivity index (χ1v) is 10.7. The number of halogens is 1. The number of hydrogen-bond donors (Lipinski definition) is 2. The molecule has 0 aliphatic carbocycles. The third-order valence-corrected chi connectivity index (χ3v) is 6.64. The average Bonchev–Trinajstić information content (AvgIpc) is 3.32. The minimum Gasteiger partial charge on any atom is -0.489 e. The van der Waals surface area contributed by atoms with Crippen molar-refractivity contribution in [3.63, 3.8) is 0 Å². The Morgan fingerprint density at radius 2 is 2.31 bits per heavy atom. The van der Waals surface area contributed by atoms with Gasteiger partial charge in [0.1, 0.15) is 17.7 Å². The molecule has 0 fully saturated rings. The van der Waals surface area contributed by atoms with Crippen LogP contribution in [0.5, 0.6) is 5.75 Å². The van der Waals surface area contributed by atoms with Crippen molar-refractivity contribution in [1.82, 2.24) is 14.7 Å². The molecule has 6 nitrogen and oxygen atoms in total. The molecular weight excluding hydrogens is 394 g/mol. The standard InChI is InChI=1S/C17H16ClN3O3S2/c1-10-5-11-6-12(7-13(18)17(11)24-10)26(22,23)20-9-16-19-8-14(21-16)15-3-2-4-25-15/h2-4,6-8,10,20H,5,9H2,1H3,(H,19,21)/t10-/m1/s1. The van der Waals surface area contributed by atoms with Crippen molar-refractivity contribution in [3.05, 3.63) is 52.3 Å². The summed E-state index contributed by atoms with van der Waals surface area (Å²) in [6.07, 6.45) is 2.33. The number of sulfonamides is 1. The zero-order valence-electron chi connectivity index (χ0n) is 13.8. The molecule has 0 radical (unpaired) electrons. The van der Waals surface area contributed by atoms with Crippen LogP contribution in [-0.4, -0.2) is 24.5 Å². The largest absolute Gasteiger partial charge is 0.489 e. The highest BCUT2D eigenvalue weighted by Gasteiger charge is 2.26. The Labute approximate surface area is 160 Å². The number of rotatable bonds is 5. The highest BCUT2D eigenvalue weighted by Crippen LogP contribution is 2.38. The zero-order chi connectivity index (χ0) is 18.3. The molecule has 26 heavy (non-hydrogen) atoms. The lowest BCUT2D eigenvalue weighted by atomic mass is 10.1. The van der Waals surface area contributed by atoms with Crippen LogP contribution in [0, 0.1) is 0 Å². The third kappa shape index (κ3) is 3.37. The van der Waals surface area contributed by atoms with Crippen molar-refractivity contribution in [2.75, 3.05) is 0 Å². The Hall–Kier alpha value is -1.87. The number of aromatic nitrogens is 2. The molecule has 3 heterocycles. The van der Waals surface area contributed by atoms with Crippen molar-refractivity contribution in [2.45, 2.75) is 30.9 Å². The van der Waals surface area contributed by atoms with Gasteiger partial charge in [0.05, 0.1) is 33.2 Å². The van der Waals surface area contributed by atoms with Crippen molar-refractivity contribution < 1.29 is 13.2 Å². The number of imidazole rings is 1. The normalized spacial score (nSPS) is 16.5. The van der Waals surface area contributed by atoms with Gasteiger partial charge in [0, 0.05) is 12.0 Å². The Balaban J connectivity index is 1.52.